The number of fused-ring (bicyclic) bond motifs is 1. The first-order valence-corrected chi connectivity index (χ1v) is 7.54. The van der Waals surface area contributed by atoms with Gasteiger partial charge in [0.1, 0.15) is 0 Å². The lowest BCUT2D eigenvalue weighted by Gasteiger charge is -2.08. The van der Waals surface area contributed by atoms with Crippen LogP contribution in [0.15, 0.2) is 42.5 Å². The second-order valence-electron chi connectivity index (χ2n) is 5.23. The number of benzene rings is 2. The predicted octanol–water partition coefficient (Wildman–Crippen LogP) is 4.08. The summed E-state index contributed by atoms with van der Waals surface area (Å²) >= 11 is 0. The zero-order valence-corrected chi connectivity index (χ0v) is 12.2. The normalized spacial score (nSPS) is 10.7. The van der Waals surface area contributed by atoms with Crippen molar-refractivity contribution < 1.29 is 4.79 Å². The maximum Gasteiger partial charge on any atom is 0.224 e. The highest BCUT2D eigenvalue weighted by Crippen LogP contribution is 2.18. The van der Waals surface area contributed by atoms with E-state index in [0.29, 0.717) is 6.42 Å². The van der Waals surface area contributed by atoms with Crippen molar-refractivity contribution in [2.75, 3.05) is 6.54 Å². The lowest BCUT2D eigenvalue weighted by Crippen LogP contribution is -2.26. The molecule has 2 nitrogen and oxygen atoms in total. The number of unbranched alkanes of at least 4 members (excludes halogenated alkanes) is 3. The zero-order valence-electron chi connectivity index (χ0n) is 12.2. The van der Waals surface area contributed by atoms with Crippen LogP contribution in [-0.2, 0) is 11.2 Å². The first-order chi connectivity index (χ1) is 9.81. The van der Waals surface area contributed by atoms with Crippen LogP contribution in [0.4, 0.5) is 0 Å². The predicted molar refractivity (Wildman–Crippen MR) is 84.8 cm³/mol. The maximum absolute atomic E-state index is 12.0. The van der Waals surface area contributed by atoms with Gasteiger partial charge < -0.3 is 5.32 Å². The van der Waals surface area contributed by atoms with Crippen LogP contribution in [0.3, 0.4) is 0 Å². The molecular formula is C18H23NO. The van der Waals surface area contributed by atoms with Crippen molar-refractivity contribution in [3.63, 3.8) is 0 Å². The molecule has 0 aliphatic heterocycles. The average Bonchev–Trinajstić information content (AvgIpc) is 2.47. The molecule has 0 unspecified atom stereocenters. The van der Waals surface area contributed by atoms with Gasteiger partial charge in [-0.25, -0.2) is 0 Å². The summed E-state index contributed by atoms with van der Waals surface area (Å²) in [6, 6.07) is 14.4. The Bertz CT molecular complexity index is 557. The van der Waals surface area contributed by atoms with Gasteiger partial charge in [-0.15, -0.1) is 0 Å². The van der Waals surface area contributed by atoms with Gasteiger partial charge in [-0.3, -0.25) is 4.79 Å². The molecule has 0 heterocycles. The molecule has 0 spiro atoms. The van der Waals surface area contributed by atoms with Crippen LogP contribution >= 0.6 is 0 Å². The largest absolute Gasteiger partial charge is 0.356 e. The third kappa shape index (κ3) is 4.09. The van der Waals surface area contributed by atoms with Crippen molar-refractivity contribution in [1.82, 2.24) is 5.32 Å². The van der Waals surface area contributed by atoms with E-state index in [-0.39, 0.29) is 5.91 Å². The van der Waals surface area contributed by atoms with Gasteiger partial charge in [0, 0.05) is 6.54 Å². The van der Waals surface area contributed by atoms with E-state index in [9.17, 15) is 4.79 Å². The third-order valence-electron chi connectivity index (χ3n) is 3.58. The minimum Gasteiger partial charge on any atom is -0.356 e. The summed E-state index contributed by atoms with van der Waals surface area (Å²) in [4.78, 5) is 12.0. The van der Waals surface area contributed by atoms with Crippen molar-refractivity contribution in [2.45, 2.75) is 39.0 Å². The molecule has 0 radical (unpaired) electrons. The van der Waals surface area contributed by atoms with Gasteiger partial charge in [-0.05, 0) is 22.8 Å². The fraction of sp³-hybridized carbons (Fsp3) is 0.389. The van der Waals surface area contributed by atoms with Crippen LogP contribution in [0, 0.1) is 0 Å². The van der Waals surface area contributed by atoms with Gasteiger partial charge in [0.25, 0.3) is 0 Å². The van der Waals surface area contributed by atoms with Crippen molar-refractivity contribution >= 4 is 16.7 Å². The number of rotatable bonds is 7. The molecule has 0 aliphatic carbocycles. The van der Waals surface area contributed by atoms with Crippen LogP contribution in [0.2, 0.25) is 0 Å². The number of carbonyl (C=O) groups excluding carboxylic acids is 1. The van der Waals surface area contributed by atoms with Gasteiger partial charge in [0.05, 0.1) is 6.42 Å². The van der Waals surface area contributed by atoms with E-state index in [1.165, 1.54) is 30.0 Å². The zero-order chi connectivity index (χ0) is 14.2. The first kappa shape index (κ1) is 14.6. The Hall–Kier alpha value is -1.83. The highest BCUT2D eigenvalue weighted by molar-refractivity contribution is 5.90. The van der Waals surface area contributed by atoms with E-state index in [0.717, 1.165) is 18.5 Å². The lowest BCUT2D eigenvalue weighted by atomic mass is 10.0. The molecule has 0 saturated heterocycles. The number of carbonyl (C=O) groups is 1. The highest BCUT2D eigenvalue weighted by atomic mass is 16.1. The topological polar surface area (TPSA) is 29.1 Å². The van der Waals surface area contributed by atoms with Crippen LogP contribution < -0.4 is 5.32 Å². The average molecular weight is 269 g/mol. The maximum atomic E-state index is 12.0. The van der Waals surface area contributed by atoms with E-state index < -0.39 is 0 Å². The summed E-state index contributed by atoms with van der Waals surface area (Å²) in [6.45, 7) is 2.99. The van der Waals surface area contributed by atoms with Gasteiger partial charge >= 0.3 is 0 Å². The fourth-order valence-electron chi connectivity index (χ4n) is 2.46. The third-order valence-corrected chi connectivity index (χ3v) is 3.58. The number of amides is 1. The minimum atomic E-state index is 0.123. The molecule has 2 rings (SSSR count). The monoisotopic (exact) mass is 269 g/mol. The molecule has 106 valence electrons. The minimum absolute atomic E-state index is 0.123. The Kier molecular flexibility index (Phi) is 5.60. The molecule has 0 fully saturated rings. The summed E-state index contributed by atoms with van der Waals surface area (Å²) < 4.78 is 0. The molecule has 2 aromatic rings. The Morgan fingerprint density at radius 3 is 2.65 bits per heavy atom. The Morgan fingerprint density at radius 1 is 1.00 bits per heavy atom. The molecule has 0 atom stereocenters. The molecule has 0 saturated carbocycles. The van der Waals surface area contributed by atoms with Gasteiger partial charge in [0.2, 0.25) is 5.91 Å². The fourth-order valence-corrected chi connectivity index (χ4v) is 2.46. The molecule has 20 heavy (non-hydrogen) atoms. The second kappa shape index (κ2) is 7.68. The Labute approximate surface area is 121 Å². The van der Waals surface area contributed by atoms with Crippen molar-refractivity contribution in [3.8, 4) is 0 Å². The number of hydrogen-bond donors (Lipinski definition) is 1. The molecule has 0 aliphatic rings. The molecule has 0 aromatic heterocycles. The van der Waals surface area contributed by atoms with Crippen LogP contribution in [0.1, 0.15) is 38.2 Å². The van der Waals surface area contributed by atoms with E-state index in [4.69, 9.17) is 0 Å². The summed E-state index contributed by atoms with van der Waals surface area (Å²) in [6.07, 6.45) is 5.22. The van der Waals surface area contributed by atoms with Crippen molar-refractivity contribution in [3.05, 3.63) is 48.0 Å². The molecule has 1 N–H and O–H groups in total. The number of hydrogen-bond acceptors (Lipinski definition) is 1. The quantitative estimate of drug-likeness (QED) is 0.754. The lowest BCUT2D eigenvalue weighted by molar-refractivity contribution is -0.120. The van der Waals surface area contributed by atoms with Crippen LogP contribution in [0.25, 0.3) is 10.8 Å². The summed E-state index contributed by atoms with van der Waals surface area (Å²) in [5.74, 6) is 0.123. The smallest absolute Gasteiger partial charge is 0.224 e. The van der Waals surface area contributed by atoms with Crippen LogP contribution in [0.5, 0.6) is 0 Å². The van der Waals surface area contributed by atoms with Crippen LogP contribution in [-0.4, -0.2) is 12.5 Å². The Balaban J connectivity index is 1.90. The number of nitrogens with one attached hydrogen (secondary N) is 1. The SMILES string of the molecule is CCCCCCNC(=O)Cc1cccc2ccccc12. The molecule has 2 aromatic carbocycles. The molecule has 2 heteroatoms. The van der Waals surface area contributed by atoms with E-state index in [2.05, 4.69) is 30.4 Å². The van der Waals surface area contributed by atoms with Crippen molar-refractivity contribution in [2.24, 2.45) is 0 Å². The van der Waals surface area contributed by atoms with Gasteiger partial charge in [-0.1, -0.05) is 68.7 Å². The first-order valence-electron chi connectivity index (χ1n) is 7.54. The summed E-state index contributed by atoms with van der Waals surface area (Å²) in [7, 11) is 0. The molecule has 0 bridgehead atoms. The van der Waals surface area contributed by atoms with E-state index in [1.807, 2.05) is 24.3 Å². The summed E-state index contributed by atoms with van der Waals surface area (Å²) in [5.41, 5.74) is 1.11. The summed E-state index contributed by atoms with van der Waals surface area (Å²) in [5, 5.41) is 5.39. The standard InChI is InChI=1S/C18H23NO/c1-2-3-4-7-13-19-18(20)14-16-11-8-10-15-9-5-6-12-17(15)16/h5-6,8-12H,2-4,7,13-14H2,1H3,(H,19,20). The van der Waals surface area contributed by atoms with Gasteiger partial charge in [-0.2, -0.15) is 0 Å². The van der Waals surface area contributed by atoms with Gasteiger partial charge in [0.15, 0.2) is 0 Å². The second-order valence-corrected chi connectivity index (χ2v) is 5.23. The molecular weight excluding hydrogens is 246 g/mol. The molecule has 1 amide bonds. The van der Waals surface area contributed by atoms with E-state index in [1.54, 1.807) is 0 Å². The van der Waals surface area contributed by atoms with E-state index >= 15 is 0 Å². The van der Waals surface area contributed by atoms with Crippen molar-refractivity contribution in [1.29, 1.82) is 0 Å². The Morgan fingerprint density at radius 2 is 1.80 bits per heavy atom. The highest BCUT2D eigenvalue weighted by Gasteiger charge is 2.06.